The Balaban J connectivity index is 2.15. The molecule has 0 unspecified atom stereocenters. The first kappa shape index (κ1) is 13.9. The summed E-state index contributed by atoms with van der Waals surface area (Å²) in [6, 6.07) is 16.0. The molecule has 0 N–H and O–H groups in total. The molecule has 0 aliphatic heterocycles. The Morgan fingerprint density at radius 3 is 2.57 bits per heavy atom. The molecule has 3 aromatic rings. The Kier molecular flexibility index (Phi) is 3.80. The van der Waals surface area contributed by atoms with Crippen molar-refractivity contribution in [3.8, 4) is 0 Å². The lowest BCUT2D eigenvalue weighted by Gasteiger charge is -2.14. The molecule has 0 saturated carbocycles. The zero-order valence-corrected chi connectivity index (χ0v) is 12.5. The molecule has 0 fully saturated rings. The molecule has 0 radical (unpaired) electrons. The van der Waals surface area contributed by atoms with Crippen molar-refractivity contribution in [3.63, 3.8) is 0 Å². The van der Waals surface area contributed by atoms with E-state index in [2.05, 4.69) is 22.9 Å². The number of carbonyl (C=O) groups is 1. The standard InChI is InChI=1S/C18H16ClNO/c1-20-12-17(16-4-2-3-5-18(16)20)15(10-11-21)13-6-8-14(19)9-7-13/h2-9,11-12,15H,10H2,1H3/t15-/m0/s1. The number of halogens is 1. The van der Waals surface area contributed by atoms with E-state index >= 15 is 0 Å². The van der Waals surface area contributed by atoms with Crippen LogP contribution < -0.4 is 0 Å². The van der Waals surface area contributed by atoms with Gasteiger partial charge in [0, 0.05) is 41.5 Å². The fourth-order valence-corrected chi connectivity index (χ4v) is 3.01. The number of carbonyl (C=O) groups excluding carboxylic acids is 1. The van der Waals surface area contributed by atoms with Gasteiger partial charge >= 0.3 is 0 Å². The van der Waals surface area contributed by atoms with Crippen LogP contribution in [0.25, 0.3) is 10.9 Å². The maximum absolute atomic E-state index is 11.1. The van der Waals surface area contributed by atoms with Crippen LogP contribution >= 0.6 is 11.6 Å². The lowest BCUT2D eigenvalue weighted by molar-refractivity contribution is -0.108. The van der Waals surface area contributed by atoms with Gasteiger partial charge in [0.15, 0.2) is 0 Å². The van der Waals surface area contributed by atoms with Crippen LogP contribution in [0.4, 0.5) is 0 Å². The van der Waals surface area contributed by atoms with Gasteiger partial charge in [-0.25, -0.2) is 0 Å². The number of aromatic nitrogens is 1. The molecule has 0 spiro atoms. The highest BCUT2D eigenvalue weighted by Crippen LogP contribution is 2.34. The molecule has 0 aliphatic carbocycles. The largest absolute Gasteiger partial charge is 0.350 e. The third-order valence-electron chi connectivity index (χ3n) is 3.91. The summed E-state index contributed by atoms with van der Waals surface area (Å²) in [5, 5.41) is 1.91. The highest BCUT2D eigenvalue weighted by Gasteiger charge is 2.18. The van der Waals surface area contributed by atoms with Crippen LogP contribution in [-0.4, -0.2) is 10.9 Å². The van der Waals surface area contributed by atoms with Gasteiger partial charge in [0.1, 0.15) is 6.29 Å². The van der Waals surface area contributed by atoms with Crippen LogP contribution in [0.1, 0.15) is 23.5 Å². The van der Waals surface area contributed by atoms with Crippen molar-refractivity contribution in [3.05, 3.63) is 70.9 Å². The third kappa shape index (κ3) is 2.59. The summed E-state index contributed by atoms with van der Waals surface area (Å²) >= 11 is 5.96. The fraction of sp³-hybridized carbons (Fsp3) is 0.167. The summed E-state index contributed by atoms with van der Waals surface area (Å²) in [5.74, 6) is 0.0610. The minimum absolute atomic E-state index is 0.0610. The lowest BCUT2D eigenvalue weighted by Crippen LogP contribution is -2.01. The Morgan fingerprint density at radius 1 is 1.14 bits per heavy atom. The minimum Gasteiger partial charge on any atom is -0.350 e. The average molecular weight is 298 g/mol. The van der Waals surface area contributed by atoms with Gasteiger partial charge in [0.2, 0.25) is 0 Å². The van der Waals surface area contributed by atoms with Gasteiger partial charge in [-0.15, -0.1) is 0 Å². The second-order valence-corrected chi connectivity index (χ2v) is 5.66. The molecule has 3 rings (SSSR count). The number of hydrogen-bond donors (Lipinski definition) is 0. The molecule has 0 bridgehead atoms. The number of para-hydroxylation sites is 1. The first-order chi connectivity index (χ1) is 10.2. The predicted octanol–water partition coefficient (Wildman–Crippen LogP) is 4.55. The van der Waals surface area contributed by atoms with E-state index in [1.165, 1.54) is 16.5 Å². The van der Waals surface area contributed by atoms with Crippen molar-refractivity contribution >= 4 is 28.8 Å². The predicted molar refractivity (Wildman–Crippen MR) is 86.9 cm³/mol. The van der Waals surface area contributed by atoms with Crippen LogP contribution in [-0.2, 0) is 11.8 Å². The first-order valence-electron chi connectivity index (χ1n) is 6.93. The molecular weight excluding hydrogens is 282 g/mol. The molecule has 0 saturated heterocycles. The van der Waals surface area contributed by atoms with Gasteiger partial charge in [0.05, 0.1) is 0 Å². The Bertz CT molecular complexity index is 774. The topological polar surface area (TPSA) is 22.0 Å². The van der Waals surface area contributed by atoms with E-state index in [9.17, 15) is 4.79 Å². The SMILES string of the molecule is Cn1cc([C@@H](CC=O)c2ccc(Cl)cc2)c2ccccc21. The molecular formula is C18H16ClNO. The quantitative estimate of drug-likeness (QED) is 0.647. The fourth-order valence-electron chi connectivity index (χ4n) is 2.88. The summed E-state index contributed by atoms with van der Waals surface area (Å²) in [5.41, 5.74) is 3.47. The summed E-state index contributed by atoms with van der Waals surface area (Å²) < 4.78 is 2.11. The van der Waals surface area contributed by atoms with Crippen LogP contribution in [0.3, 0.4) is 0 Å². The zero-order valence-electron chi connectivity index (χ0n) is 11.8. The first-order valence-corrected chi connectivity index (χ1v) is 7.31. The number of benzene rings is 2. The van der Waals surface area contributed by atoms with Crippen molar-refractivity contribution in [2.45, 2.75) is 12.3 Å². The molecule has 0 amide bonds. The number of rotatable bonds is 4. The van der Waals surface area contributed by atoms with E-state index < -0.39 is 0 Å². The van der Waals surface area contributed by atoms with Gasteiger partial charge in [0.25, 0.3) is 0 Å². The third-order valence-corrected chi connectivity index (χ3v) is 4.16. The maximum atomic E-state index is 11.1. The summed E-state index contributed by atoms with van der Waals surface area (Å²) in [6.45, 7) is 0. The van der Waals surface area contributed by atoms with E-state index in [1.54, 1.807) is 0 Å². The van der Waals surface area contributed by atoms with E-state index in [1.807, 2.05) is 43.4 Å². The lowest BCUT2D eigenvalue weighted by atomic mass is 9.89. The normalized spacial score (nSPS) is 12.5. The average Bonchev–Trinajstić information content (AvgIpc) is 2.84. The number of aryl methyl sites for hydroxylation is 1. The van der Waals surface area contributed by atoms with Crippen LogP contribution in [0, 0.1) is 0 Å². The van der Waals surface area contributed by atoms with Crippen molar-refractivity contribution in [2.24, 2.45) is 7.05 Å². The molecule has 1 atom stereocenters. The van der Waals surface area contributed by atoms with Gasteiger partial charge in [-0.2, -0.15) is 0 Å². The van der Waals surface area contributed by atoms with Crippen molar-refractivity contribution in [2.75, 3.05) is 0 Å². The Labute approximate surface area is 129 Å². The van der Waals surface area contributed by atoms with E-state index in [4.69, 9.17) is 11.6 Å². The van der Waals surface area contributed by atoms with Crippen molar-refractivity contribution in [1.82, 2.24) is 4.57 Å². The van der Waals surface area contributed by atoms with Crippen molar-refractivity contribution < 1.29 is 4.79 Å². The van der Waals surface area contributed by atoms with Crippen LogP contribution in [0.2, 0.25) is 5.02 Å². The monoisotopic (exact) mass is 297 g/mol. The summed E-state index contributed by atoms with van der Waals surface area (Å²) in [6.07, 6.45) is 3.57. The number of nitrogens with zero attached hydrogens (tertiary/aromatic N) is 1. The Hall–Kier alpha value is -2.06. The molecule has 1 heterocycles. The summed E-state index contributed by atoms with van der Waals surface area (Å²) in [4.78, 5) is 11.1. The van der Waals surface area contributed by atoms with E-state index in [0.717, 1.165) is 11.8 Å². The Morgan fingerprint density at radius 2 is 1.86 bits per heavy atom. The molecule has 3 heteroatoms. The highest BCUT2D eigenvalue weighted by molar-refractivity contribution is 6.30. The molecule has 0 aliphatic rings. The van der Waals surface area contributed by atoms with Gasteiger partial charge < -0.3 is 9.36 Å². The van der Waals surface area contributed by atoms with Crippen LogP contribution in [0.15, 0.2) is 54.7 Å². The van der Waals surface area contributed by atoms with Gasteiger partial charge in [-0.3, -0.25) is 0 Å². The van der Waals surface area contributed by atoms with Gasteiger partial charge in [-0.1, -0.05) is 41.9 Å². The number of aldehydes is 1. The van der Waals surface area contributed by atoms with E-state index in [0.29, 0.717) is 11.4 Å². The zero-order chi connectivity index (χ0) is 14.8. The second kappa shape index (κ2) is 5.74. The molecule has 2 aromatic carbocycles. The molecule has 106 valence electrons. The summed E-state index contributed by atoms with van der Waals surface area (Å²) in [7, 11) is 2.03. The minimum atomic E-state index is 0.0610. The van der Waals surface area contributed by atoms with E-state index in [-0.39, 0.29) is 5.92 Å². The molecule has 2 nitrogen and oxygen atoms in total. The van der Waals surface area contributed by atoms with Gasteiger partial charge in [-0.05, 0) is 29.3 Å². The smallest absolute Gasteiger partial charge is 0.120 e. The number of hydrogen-bond acceptors (Lipinski definition) is 1. The molecule has 21 heavy (non-hydrogen) atoms. The van der Waals surface area contributed by atoms with Crippen LogP contribution in [0.5, 0.6) is 0 Å². The highest BCUT2D eigenvalue weighted by atomic mass is 35.5. The van der Waals surface area contributed by atoms with Crippen molar-refractivity contribution in [1.29, 1.82) is 0 Å². The maximum Gasteiger partial charge on any atom is 0.120 e. The second-order valence-electron chi connectivity index (χ2n) is 5.22. The molecule has 1 aromatic heterocycles. The number of fused-ring (bicyclic) bond motifs is 1.